The third-order valence-corrected chi connectivity index (χ3v) is 4.57. The molecule has 0 bridgehead atoms. The zero-order chi connectivity index (χ0) is 13.0. The third kappa shape index (κ3) is 4.00. The molecule has 0 aliphatic carbocycles. The van der Waals surface area contributed by atoms with Crippen LogP contribution in [0.4, 0.5) is 0 Å². The summed E-state index contributed by atoms with van der Waals surface area (Å²) in [6.45, 7) is 4.78. The van der Waals surface area contributed by atoms with Crippen LogP contribution in [0.2, 0.25) is 0 Å². The Morgan fingerprint density at radius 1 is 1.50 bits per heavy atom. The van der Waals surface area contributed by atoms with E-state index in [1.165, 1.54) is 0 Å². The summed E-state index contributed by atoms with van der Waals surface area (Å²) >= 11 is 4.99. The molecule has 18 heavy (non-hydrogen) atoms. The minimum atomic E-state index is -0.0563. The fourth-order valence-electron chi connectivity index (χ4n) is 1.65. The number of amides is 1. The van der Waals surface area contributed by atoms with Gasteiger partial charge in [0.1, 0.15) is 0 Å². The molecule has 1 aromatic rings. The van der Waals surface area contributed by atoms with Crippen molar-refractivity contribution in [3.63, 3.8) is 0 Å². The second-order valence-corrected chi connectivity index (χ2v) is 6.81. The van der Waals surface area contributed by atoms with Crippen LogP contribution in [0, 0.1) is 5.92 Å². The number of carbonyl (C=O) groups excluding carboxylic acids is 1. The van der Waals surface area contributed by atoms with E-state index in [9.17, 15) is 4.79 Å². The molecule has 1 heterocycles. The van der Waals surface area contributed by atoms with E-state index in [1.54, 1.807) is 11.8 Å². The first-order valence-corrected chi connectivity index (χ1v) is 7.73. The van der Waals surface area contributed by atoms with Gasteiger partial charge in [0.05, 0.1) is 5.25 Å². The van der Waals surface area contributed by atoms with Gasteiger partial charge in [-0.15, -0.1) is 11.8 Å². The molecule has 1 amide bonds. The van der Waals surface area contributed by atoms with Crippen molar-refractivity contribution in [2.75, 3.05) is 19.6 Å². The molecule has 2 rings (SSSR count). The minimum Gasteiger partial charge on any atom is -0.355 e. The first kappa shape index (κ1) is 13.9. The summed E-state index contributed by atoms with van der Waals surface area (Å²) in [5, 5.41) is 6.15. The Labute approximate surface area is 120 Å². The van der Waals surface area contributed by atoms with Gasteiger partial charge in [-0.3, -0.25) is 4.79 Å². The number of hydrogen-bond acceptors (Lipinski definition) is 3. The SMILES string of the molecule is CC(Sc1ccc(Br)cc1)C(=O)NCC1CNC1. The Hall–Kier alpha value is -0.520. The third-order valence-electron chi connectivity index (χ3n) is 2.93. The molecule has 1 aliphatic heterocycles. The van der Waals surface area contributed by atoms with Crippen LogP contribution in [0.25, 0.3) is 0 Å². The molecular weight excluding hydrogens is 312 g/mol. The highest BCUT2D eigenvalue weighted by molar-refractivity contribution is 9.10. The molecule has 2 N–H and O–H groups in total. The largest absolute Gasteiger partial charge is 0.355 e. The Morgan fingerprint density at radius 2 is 2.17 bits per heavy atom. The predicted octanol–water partition coefficient (Wildman–Crippen LogP) is 2.27. The van der Waals surface area contributed by atoms with Gasteiger partial charge < -0.3 is 10.6 Å². The number of thioether (sulfide) groups is 1. The van der Waals surface area contributed by atoms with E-state index in [1.807, 2.05) is 31.2 Å². The maximum Gasteiger partial charge on any atom is 0.233 e. The second-order valence-electron chi connectivity index (χ2n) is 4.48. The molecule has 1 aliphatic rings. The fraction of sp³-hybridized carbons (Fsp3) is 0.462. The normalized spacial score (nSPS) is 17.0. The van der Waals surface area contributed by atoms with E-state index in [2.05, 4.69) is 26.6 Å². The first-order chi connectivity index (χ1) is 8.65. The highest BCUT2D eigenvalue weighted by Gasteiger charge is 2.19. The standard InChI is InChI=1S/C13H17BrN2OS/c1-9(13(17)16-8-10-6-15-7-10)18-12-4-2-11(14)3-5-12/h2-5,9-10,15H,6-8H2,1H3,(H,16,17). The van der Waals surface area contributed by atoms with Crippen LogP contribution >= 0.6 is 27.7 Å². The van der Waals surface area contributed by atoms with Gasteiger partial charge in [-0.2, -0.15) is 0 Å². The topological polar surface area (TPSA) is 41.1 Å². The summed E-state index contributed by atoms with van der Waals surface area (Å²) in [7, 11) is 0. The van der Waals surface area contributed by atoms with E-state index in [4.69, 9.17) is 0 Å². The molecule has 1 atom stereocenters. The van der Waals surface area contributed by atoms with Crippen molar-refractivity contribution >= 4 is 33.6 Å². The quantitative estimate of drug-likeness (QED) is 0.815. The summed E-state index contributed by atoms with van der Waals surface area (Å²) in [5.41, 5.74) is 0. The van der Waals surface area contributed by atoms with E-state index < -0.39 is 0 Å². The highest BCUT2D eigenvalue weighted by atomic mass is 79.9. The van der Waals surface area contributed by atoms with Crippen LogP contribution in [0.5, 0.6) is 0 Å². The Kier molecular flexibility index (Phi) is 5.09. The molecule has 0 saturated carbocycles. The summed E-state index contributed by atoms with van der Waals surface area (Å²) in [6.07, 6.45) is 0. The monoisotopic (exact) mass is 328 g/mol. The predicted molar refractivity (Wildman–Crippen MR) is 78.8 cm³/mol. The summed E-state index contributed by atoms with van der Waals surface area (Å²) in [4.78, 5) is 13.0. The Bertz CT molecular complexity index is 406. The number of nitrogens with one attached hydrogen (secondary N) is 2. The lowest BCUT2D eigenvalue weighted by Gasteiger charge is -2.27. The van der Waals surface area contributed by atoms with E-state index in [0.29, 0.717) is 5.92 Å². The smallest absolute Gasteiger partial charge is 0.233 e. The lowest BCUT2D eigenvalue weighted by Crippen LogP contribution is -2.49. The van der Waals surface area contributed by atoms with Gasteiger partial charge >= 0.3 is 0 Å². The second kappa shape index (κ2) is 6.59. The van der Waals surface area contributed by atoms with Crippen LogP contribution in [0.15, 0.2) is 33.6 Å². The van der Waals surface area contributed by atoms with Gasteiger partial charge in [0, 0.05) is 34.9 Å². The van der Waals surface area contributed by atoms with Crippen molar-refractivity contribution in [3.8, 4) is 0 Å². The highest BCUT2D eigenvalue weighted by Crippen LogP contribution is 2.24. The molecular formula is C13H17BrN2OS. The maximum absolute atomic E-state index is 11.9. The van der Waals surface area contributed by atoms with Crippen LogP contribution in [-0.2, 0) is 4.79 Å². The minimum absolute atomic E-state index is 0.0563. The number of rotatable bonds is 5. The number of halogens is 1. The molecule has 0 spiro atoms. The first-order valence-electron chi connectivity index (χ1n) is 6.06. The summed E-state index contributed by atoms with van der Waals surface area (Å²) in [6, 6.07) is 8.03. The van der Waals surface area contributed by atoms with Crippen molar-refractivity contribution in [3.05, 3.63) is 28.7 Å². The Morgan fingerprint density at radius 3 is 2.72 bits per heavy atom. The molecule has 0 aromatic heterocycles. The average Bonchev–Trinajstić information content (AvgIpc) is 2.30. The van der Waals surface area contributed by atoms with Gasteiger partial charge in [0.15, 0.2) is 0 Å². The van der Waals surface area contributed by atoms with Crippen molar-refractivity contribution in [1.82, 2.24) is 10.6 Å². The van der Waals surface area contributed by atoms with Gasteiger partial charge in [0.25, 0.3) is 0 Å². The zero-order valence-corrected chi connectivity index (χ0v) is 12.7. The van der Waals surface area contributed by atoms with Crippen molar-refractivity contribution in [1.29, 1.82) is 0 Å². The van der Waals surface area contributed by atoms with Crippen molar-refractivity contribution in [2.24, 2.45) is 5.92 Å². The Balaban J connectivity index is 1.77. The van der Waals surface area contributed by atoms with Crippen LogP contribution in [0.1, 0.15) is 6.92 Å². The van der Waals surface area contributed by atoms with E-state index in [-0.39, 0.29) is 11.2 Å². The van der Waals surface area contributed by atoms with Gasteiger partial charge in [0.2, 0.25) is 5.91 Å². The van der Waals surface area contributed by atoms with E-state index >= 15 is 0 Å². The van der Waals surface area contributed by atoms with Gasteiger partial charge in [-0.25, -0.2) is 0 Å². The number of carbonyl (C=O) groups is 1. The lowest BCUT2D eigenvalue weighted by molar-refractivity contribution is -0.120. The van der Waals surface area contributed by atoms with Crippen LogP contribution in [-0.4, -0.2) is 30.8 Å². The molecule has 5 heteroatoms. The lowest BCUT2D eigenvalue weighted by atomic mass is 10.0. The van der Waals surface area contributed by atoms with Crippen LogP contribution in [0.3, 0.4) is 0 Å². The number of hydrogen-bond donors (Lipinski definition) is 2. The molecule has 1 fully saturated rings. The summed E-state index contributed by atoms with van der Waals surface area (Å²) < 4.78 is 1.06. The van der Waals surface area contributed by atoms with Crippen LogP contribution < -0.4 is 10.6 Å². The molecule has 0 radical (unpaired) electrons. The maximum atomic E-state index is 11.9. The fourth-order valence-corrected chi connectivity index (χ4v) is 2.81. The molecule has 1 aromatic carbocycles. The summed E-state index contributed by atoms with van der Waals surface area (Å²) in [5.74, 6) is 0.730. The zero-order valence-electron chi connectivity index (χ0n) is 10.3. The molecule has 98 valence electrons. The number of benzene rings is 1. The molecule has 1 unspecified atom stereocenters. The van der Waals surface area contributed by atoms with Gasteiger partial charge in [-0.1, -0.05) is 15.9 Å². The van der Waals surface area contributed by atoms with Gasteiger partial charge in [-0.05, 0) is 31.2 Å². The van der Waals surface area contributed by atoms with Crippen molar-refractivity contribution < 1.29 is 4.79 Å². The molecule has 3 nitrogen and oxygen atoms in total. The average molecular weight is 329 g/mol. The molecule has 1 saturated heterocycles. The van der Waals surface area contributed by atoms with Crippen molar-refractivity contribution in [2.45, 2.75) is 17.1 Å². The van der Waals surface area contributed by atoms with E-state index in [0.717, 1.165) is 29.0 Å².